The summed E-state index contributed by atoms with van der Waals surface area (Å²) >= 11 is 0. The molecule has 0 saturated carbocycles. The number of para-hydroxylation sites is 2. The fraction of sp³-hybridized carbons (Fsp3) is 0.350. The van der Waals surface area contributed by atoms with Crippen molar-refractivity contribution in [3.8, 4) is 5.75 Å². The van der Waals surface area contributed by atoms with Gasteiger partial charge in [-0.1, -0.05) is 30.3 Å². The van der Waals surface area contributed by atoms with E-state index in [-0.39, 0.29) is 5.91 Å². The molecule has 0 fully saturated rings. The molecule has 1 amide bonds. The number of benzene rings is 2. The monoisotopic (exact) mass is 340 g/mol. The van der Waals surface area contributed by atoms with Crippen LogP contribution in [0.3, 0.4) is 0 Å². The lowest BCUT2D eigenvalue weighted by Crippen LogP contribution is -2.53. The summed E-state index contributed by atoms with van der Waals surface area (Å²) in [6.07, 6.45) is 0. The number of hydrogen-bond acceptors (Lipinski definition) is 4. The highest BCUT2D eigenvalue weighted by Gasteiger charge is 2.41. The molecule has 132 valence electrons. The zero-order chi connectivity index (χ0) is 17.9. The van der Waals surface area contributed by atoms with Gasteiger partial charge < -0.3 is 19.7 Å². The predicted molar refractivity (Wildman–Crippen MR) is 97.9 cm³/mol. The highest BCUT2D eigenvalue weighted by atomic mass is 16.5. The first-order valence-corrected chi connectivity index (χ1v) is 8.53. The van der Waals surface area contributed by atoms with Gasteiger partial charge in [0.15, 0.2) is 0 Å². The van der Waals surface area contributed by atoms with E-state index in [1.807, 2.05) is 69.4 Å². The first-order valence-electron chi connectivity index (χ1n) is 8.53. The third kappa shape index (κ3) is 3.20. The second-order valence-corrected chi connectivity index (χ2v) is 6.15. The van der Waals surface area contributed by atoms with Crippen molar-refractivity contribution < 1.29 is 14.3 Å². The molecule has 1 atom stereocenters. The van der Waals surface area contributed by atoms with Crippen LogP contribution in [-0.4, -0.2) is 37.7 Å². The molecule has 0 saturated heterocycles. The SMILES string of the molecule is CCOCCOc1ccccc1C1(C)Nc2ccccc2C(=O)N1C. The standard InChI is InChI=1S/C20H24N2O3/c1-4-24-13-14-25-18-12-8-6-10-16(18)20(2)21-17-11-7-5-9-15(17)19(23)22(20)3/h5-12,21H,4,13-14H2,1-3H3. The Labute approximate surface area is 148 Å². The van der Waals surface area contributed by atoms with E-state index in [1.165, 1.54) is 0 Å². The van der Waals surface area contributed by atoms with Gasteiger partial charge in [0.05, 0.1) is 12.2 Å². The molecule has 1 aliphatic heterocycles. The Morgan fingerprint density at radius 1 is 1.08 bits per heavy atom. The molecule has 0 aromatic heterocycles. The topological polar surface area (TPSA) is 50.8 Å². The number of nitrogens with one attached hydrogen (secondary N) is 1. The maximum Gasteiger partial charge on any atom is 0.257 e. The number of nitrogens with zero attached hydrogens (tertiary/aromatic N) is 1. The van der Waals surface area contributed by atoms with Gasteiger partial charge in [-0.15, -0.1) is 0 Å². The van der Waals surface area contributed by atoms with Crippen LogP contribution in [0.15, 0.2) is 48.5 Å². The molecule has 5 nitrogen and oxygen atoms in total. The smallest absolute Gasteiger partial charge is 0.257 e. The third-order valence-corrected chi connectivity index (χ3v) is 4.61. The average Bonchev–Trinajstić information content (AvgIpc) is 2.64. The van der Waals surface area contributed by atoms with Crippen LogP contribution in [0.5, 0.6) is 5.75 Å². The van der Waals surface area contributed by atoms with Gasteiger partial charge in [0.1, 0.15) is 18.0 Å². The molecule has 1 N–H and O–H groups in total. The van der Waals surface area contributed by atoms with E-state index < -0.39 is 5.66 Å². The summed E-state index contributed by atoms with van der Waals surface area (Å²) in [6, 6.07) is 15.4. The molecule has 1 heterocycles. The summed E-state index contributed by atoms with van der Waals surface area (Å²) in [5.41, 5.74) is 1.72. The molecule has 0 spiro atoms. The van der Waals surface area contributed by atoms with Crippen LogP contribution in [0.1, 0.15) is 29.8 Å². The molecular weight excluding hydrogens is 316 g/mol. The Morgan fingerprint density at radius 3 is 2.60 bits per heavy atom. The number of rotatable bonds is 6. The van der Waals surface area contributed by atoms with Crippen molar-refractivity contribution in [1.29, 1.82) is 0 Å². The van der Waals surface area contributed by atoms with E-state index in [0.717, 1.165) is 17.0 Å². The zero-order valence-electron chi connectivity index (χ0n) is 14.9. The molecule has 1 aliphatic rings. The van der Waals surface area contributed by atoms with Crippen molar-refractivity contribution in [1.82, 2.24) is 4.90 Å². The van der Waals surface area contributed by atoms with Crippen molar-refractivity contribution in [2.45, 2.75) is 19.5 Å². The molecule has 25 heavy (non-hydrogen) atoms. The van der Waals surface area contributed by atoms with E-state index in [2.05, 4.69) is 5.32 Å². The van der Waals surface area contributed by atoms with E-state index in [1.54, 1.807) is 4.90 Å². The first-order chi connectivity index (χ1) is 12.1. The van der Waals surface area contributed by atoms with Gasteiger partial charge in [-0.3, -0.25) is 4.79 Å². The fourth-order valence-electron chi connectivity index (χ4n) is 3.11. The normalized spacial score (nSPS) is 19.3. The Balaban J connectivity index is 1.94. The van der Waals surface area contributed by atoms with Crippen LogP contribution in [0, 0.1) is 0 Å². The van der Waals surface area contributed by atoms with Crippen LogP contribution < -0.4 is 10.1 Å². The molecule has 0 radical (unpaired) electrons. The predicted octanol–water partition coefficient (Wildman–Crippen LogP) is 3.47. The van der Waals surface area contributed by atoms with E-state index in [9.17, 15) is 4.79 Å². The minimum absolute atomic E-state index is 0.0130. The van der Waals surface area contributed by atoms with E-state index in [0.29, 0.717) is 25.4 Å². The number of carbonyl (C=O) groups excluding carboxylic acids is 1. The second-order valence-electron chi connectivity index (χ2n) is 6.15. The van der Waals surface area contributed by atoms with E-state index in [4.69, 9.17) is 9.47 Å². The van der Waals surface area contributed by atoms with Crippen molar-refractivity contribution in [2.75, 3.05) is 32.2 Å². The van der Waals surface area contributed by atoms with E-state index >= 15 is 0 Å². The van der Waals surface area contributed by atoms with Crippen LogP contribution in [0.25, 0.3) is 0 Å². The molecule has 5 heteroatoms. The number of fused-ring (bicyclic) bond motifs is 1. The zero-order valence-corrected chi connectivity index (χ0v) is 14.9. The highest BCUT2D eigenvalue weighted by molar-refractivity contribution is 6.02. The maximum absolute atomic E-state index is 12.8. The average molecular weight is 340 g/mol. The van der Waals surface area contributed by atoms with Crippen molar-refractivity contribution in [3.63, 3.8) is 0 Å². The molecule has 2 aromatic carbocycles. The van der Waals surface area contributed by atoms with Gasteiger partial charge in [-0.2, -0.15) is 0 Å². The quantitative estimate of drug-likeness (QED) is 0.818. The molecule has 1 unspecified atom stereocenters. The molecule has 0 aliphatic carbocycles. The summed E-state index contributed by atoms with van der Waals surface area (Å²) < 4.78 is 11.3. The van der Waals surface area contributed by atoms with Gasteiger partial charge in [0, 0.05) is 24.9 Å². The lowest BCUT2D eigenvalue weighted by molar-refractivity contribution is 0.0605. The molecule has 2 aromatic rings. The molecule has 3 rings (SSSR count). The number of anilines is 1. The van der Waals surface area contributed by atoms with Gasteiger partial charge in [0.2, 0.25) is 0 Å². The number of carbonyl (C=O) groups is 1. The van der Waals surface area contributed by atoms with Crippen LogP contribution >= 0.6 is 0 Å². The minimum atomic E-state index is -0.701. The first kappa shape index (κ1) is 17.3. The second kappa shape index (κ2) is 7.15. The molecular formula is C20H24N2O3. The summed E-state index contributed by atoms with van der Waals surface area (Å²) in [4.78, 5) is 14.6. The Morgan fingerprint density at radius 2 is 1.80 bits per heavy atom. The highest BCUT2D eigenvalue weighted by Crippen LogP contribution is 2.40. The number of amides is 1. The van der Waals surface area contributed by atoms with Gasteiger partial charge in [-0.05, 0) is 32.0 Å². The van der Waals surface area contributed by atoms with Crippen molar-refractivity contribution in [2.24, 2.45) is 0 Å². The largest absolute Gasteiger partial charge is 0.491 e. The summed E-state index contributed by atoms with van der Waals surface area (Å²) in [5.74, 6) is 0.734. The van der Waals surface area contributed by atoms with Gasteiger partial charge in [-0.25, -0.2) is 0 Å². The lowest BCUT2D eigenvalue weighted by atomic mass is 9.93. The Kier molecular flexibility index (Phi) is 4.95. The Hall–Kier alpha value is -2.53. The van der Waals surface area contributed by atoms with Crippen molar-refractivity contribution >= 4 is 11.6 Å². The lowest BCUT2D eigenvalue weighted by Gasteiger charge is -2.45. The summed E-state index contributed by atoms with van der Waals surface area (Å²) in [6.45, 7) is 5.62. The number of hydrogen-bond donors (Lipinski definition) is 1. The molecule has 0 bridgehead atoms. The number of ether oxygens (including phenoxy) is 2. The summed E-state index contributed by atoms with van der Waals surface area (Å²) in [7, 11) is 1.81. The minimum Gasteiger partial charge on any atom is -0.491 e. The van der Waals surface area contributed by atoms with Crippen molar-refractivity contribution in [3.05, 3.63) is 59.7 Å². The van der Waals surface area contributed by atoms with Crippen LogP contribution in [0.4, 0.5) is 5.69 Å². The third-order valence-electron chi connectivity index (χ3n) is 4.61. The van der Waals surface area contributed by atoms with Gasteiger partial charge in [0.25, 0.3) is 5.91 Å². The van der Waals surface area contributed by atoms with Crippen LogP contribution in [-0.2, 0) is 10.4 Å². The summed E-state index contributed by atoms with van der Waals surface area (Å²) in [5, 5.41) is 3.51. The maximum atomic E-state index is 12.8. The van der Waals surface area contributed by atoms with Gasteiger partial charge >= 0.3 is 0 Å². The fourth-order valence-corrected chi connectivity index (χ4v) is 3.11. The van der Waals surface area contributed by atoms with Crippen LogP contribution in [0.2, 0.25) is 0 Å². The Bertz CT molecular complexity index is 762.